The fraction of sp³-hybridized carbons (Fsp3) is 0.364. The number of fused-ring (bicyclic) bond motifs is 1. The number of hydrogen-bond donors (Lipinski definition) is 2. The van der Waals surface area contributed by atoms with E-state index in [9.17, 15) is 19.2 Å². The predicted molar refractivity (Wildman–Crippen MR) is 120 cm³/mol. The highest BCUT2D eigenvalue weighted by Gasteiger charge is 2.51. The van der Waals surface area contributed by atoms with E-state index in [0.29, 0.717) is 5.56 Å². The second-order valence-electron chi connectivity index (χ2n) is 7.81. The molecule has 4 rings (SSSR count). The summed E-state index contributed by atoms with van der Waals surface area (Å²) >= 11 is 0. The van der Waals surface area contributed by atoms with Gasteiger partial charge >= 0.3 is 17.9 Å². The van der Waals surface area contributed by atoms with Gasteiger partial charge in [-0.2, -0.15) is 4.98 Å². The number of anilines is 1. The lowest BCUT2D eigenvalue weighted by molar-refractivity contribution is -0.166. The molecule has 0 aliphatic carbocycles. The van der Waals surface area contributed by atoms with E-state index in [1.165, 1.54) is 25.3 Å². The summed E-state index contributed by atoms with van der Waals surface area (Å²) in [5.74, 6) is -1.83. The summed E-state index contributed by atoms with van der Waals surface area (Å²) in [5, 5.41) is 0. The molecule has 3 aromatic rings. The number of nitrogen functional groups attached to an aromatic ring is 1. The highest BCUT2D eigenvalue weighted by molar-refractivity contribution is 5.77. The van der Waals surface area contributed by atoms with Crippen LogP contribution in [0, 0.1) is 0 Å². The number of esters is 3. The van der Waals surface area contributed by atoms with Crippen LogP contribution in [0.2, 0.25) is 0 Å². The number of ether oxygens (including phenoxy) is 4. The van der Waals surface area contributed by atoms with Gasteiger partial charge in [0.1, 0.15) is 18.5 Å². The summed E-state index contributed by atoms with van der Waals surface area (Å²) in [4.78, 5) is 59.0. The molecule has 0 spiro atoms. The Morgan fingerprint density at radius 2 is 1.69 bits per heavy atom. The summed E-state index contributed by atoms with van der Waals surface area (Å²) in [5.41, 5.74) is 5.84. The maximum absolute atomic E-state index is 12.6. The minimum Gasteiger partial charge on any atom is -0.463 e. The number of benzene rings is 1. The minimum absolute atomic E-state index is 0.0318. The van der Waals surface area contributed by atoms with Crippen molar-refractivity contribution < 1.29 is 33.3 Å². The average molecular weight is 485 g/mol. The second kappa shape index (κ2) is 9.54. The first kappa shape index (κ1) is 23.9. The van der Waals surface area contributed by atoms with Crippen molar-refractivity contribution in [2.24, 2.45) is 0 Å². The van der Waals surface area contributed by atoms with Crippen LogP contribution in [-0.2, 0) is 33.3 Å². The van der Waals surface area contributed by atoms with E-state index in [1.54, 1.807) is 30.3 Å². The van der Waals surface area contributed by atoms with Gasteiger partial charge in [-0.1, -0.05) is 30.3 Å². The third-order valence-corrected chi connectivity index (χ3v) is 5.20. The smallest absolute Gasteiger partial charge is 0.303 e. The minimum atomic E-state index is -1.20. The summed E-state index contributed by atoms with van der Waals surface area (Å²) in [6.07, 6.45) is -4.50. The van der Waals surface area contributed by atoms with Crippen LogP contribution in [0.25, 0.3) is 22.6 Å². The molecule has 1 aliphatic rings. The van der Waals surface area contributed by atoms with E-state index >= 15 is 0 Å². The number of rotatable bonds is 6. The summed E-state index contributed by atoms with van der Waals surface area (Å²) in [6, 6.07) is 8.86. The van der Waals surface area contributed by atoms with Crippen molar-refractivity contribution >= 4 is 35.0 Å². The Morgan fingerprint density at radius 3 is 2.31 bits per heavy atom. The van der Waals surface area contributed by atoms with Crippen LogP contribution in [0.15, 0.2) is 35.1 Å². The van der Waals surface area contributed by atoms with Gasteiger partial charge in [0.25, 0.3) is 5.56 Å². The molecule has 0 bridgehead atoms. The van der Waals surface area contributed by atoms with Crippen molar-refractivity contribution in [1.82, 2.24) is 19.5 Å². The Morgan fingerprint density at radius 1 is 1.03 bits per heavy atom. The fourth-order valence-electron chi connectivity index (χ4n) is 3.93. The number of nitrogens with zero attached hydrogens (tertiary/aromatic N) is 3. The Balaban J connectivity index is 1.93. The lowest BCUT2D eigenvalue weighted by Crippen LogP contribution is -2.40. The maximum atomic E-state index is 12.6. The molecule has 0 amide bonds. The maximum Gasteiger partial charge on any atom is 0.303 e. The first-order chi connectivity index (χ1) is 16.7. The molecule has 3 N–H and O–H groups in total. The number of nitrogens with two attached hydrogens (primary N) is 1. The lowest BCUT2D eigenvalue weighted by Gasteiger charge is -2.24. The number of H-pyrrole nitrogens is 1. The van der Waals surface area contributed by atoms with Crippen LogP contribution in [0.4, 0.5) is 5.95 Å². The summed E-state index contributed by atoms with van der Waals surface area (Å²) < 4.78 is 23.6. The van der Waals surface area contributed by atoms with E-state index in [2.05, 4.69) is 15.0 Å². The zero-order valence-corrected chi connectivity index (χ0v) is 19.1. The van der Waals surface area contributed by atoms with Crippen molar-refractivity contribution in [1.29, 1.82) is 0 Å². The molecule has 1 aromatic carbocycles. The largest absolute Gasteiger partial charge is 0.463 e. The predicted octanol–water partition coefficient (Wildman–Crippen LogP) is 0.693. The Kier molecular flexibility index (Phi) is 6.51. The molecule has 4 atom stereocenters. The molecule has 13 nitrogen and oxygen atoms in total. The summed E-state index contributed by atoms with van der Waals surface area (Å²) in [7, 11) is 0. The van der Waals surface area contributed by atoms with Crippen molar-refractivity contribution in [3.63, 3.8) is 0 Å². The molecule has 0 saturated carbocycles. The molecule has 1 saturated heterocycles. The molecule has 13 heteroatoms. The van der Waals surface area contributed by atoms with Gasteiger partial charge in [-0.25, -0.2) is 4.98 Å². The number of aromatic nitrogens is 4. The topological polar surface area (TPSA) is 178 Å². The number of hydrogen-bond acceptors (Lipinski definition) is 11. The zero-order valence-electron chi connectivity index (χ0n) is 19.1. The van der Waals surface area contributed by atoms with E-state index in [1.807, 2.05) is 0 Å². The van der Waals surface area contributed by atoms with Gasteiger partial charge < -0.3 is 24.7 Å². The van der Waals surface area contributed by atoms with E-state index in [4.69, 9.17) is 24.7 Å². The van der Waals surface area contributed by atoms with Crippen LogP contribution in [0.5, 0.6) is 0 Å². The third kappa shape index (κ3) is 4.84. The molecule has 0 radical (unpaired) electrons. The monoisotopic (exact) mass is 485 g/mol. The summed E-state index contributed by atoms with van der Waals surface area (Å²) in [6.45, 7) is 3.30. The van der Waals surface area contributed by atoms with Gasteiger partial charge in [0.05, 0.1) is 0 Å². The molecule has 2 unspecified atom stereocenters. The Bertz CT molecular complexity index is 1330. The number of carbonyl (C=O) groups excluding carboxylic acids is 3. The van der Waals surface area contributed by atoms with Gasteiger partial charge in [0.15, 0.2) is 29.6 Å². The fourth-order valence-corrected chi connectivity index (χ4v) is 3.93. The van der Waals surface area contributed by atoms with Crippen molar-refractivity contribution in [3.05, 3.63) is 40.7 Å². The third-order valence-electron chi connectivity index (χ3n) is 5.20. The SMILES string of the molecule is CC(=O)OC[C@H]1O[C@@H](n2c(-c3ccccc3)nc3c(=O)[nH]c(N)nc32)C(OC(C)=O)C1OC(C)=O. The quantitative estimate of drug-likeness (QED) is 0.371. The standard InChI is InChI=1S/C22H23N5O8/c1-10(28)32-9-14-16(33-11(2)29)17(34-12(3)30)21(35-14)27-18(13-7-5-4-6-8-13)24-15-19(27)25-22(23)26-20(15)31/h4-8,14,16-17,21H,9H2,1-3H3,(H3,23,25,26,31)/t14-,16?,17?,21-/m1/s1. The molecule has 1 fully saturated rings. The van der Waals surface area contributed by atoms with Crippen LogP contribution in [-0.4, -0.2) is 62.3 Å². The highest BCUT2D eigenvalue weighted by atomic mass is 16.7. The van der Waals surface area contributed by atoms with Crippen LogP contribution < -0.4 is 11.3 Å². The van der Waals surface area contributed by atoms with Gasteiger partial charge in [0.2, 0.25) is 5.95 Å². The number of nitrogens with one attached hydrogen (secondary N) is 1. The highest BCUT2D eigenvalue weighted by Crippen LogP contribution is 2.38. The van der Waals surface area contributed by atoms with Crippen LogP contribution in [0.3, 0.4) is 0 Å². The average Bonchev–Trinajstić information content (AvgIpc) is 3.31. The number of imidazole rings is 1. The molecule has 184 valence electrons. The lowest BCUT2D eigenvalue weighted by atomic mass is 10.1. The van der Waals surface area contributed by atoms with Gasteiger partial charge in [-0.3, -0.25) is 28.7 Å². The van der Waals surface area contributed by atoms with Crippen LogP contribution in [0.1, 0.15) is 27.0 Å². The Hall–Kier alpha value is -4.26. The first-order valence-corrected chi connectivity index (χ1v) is 10.6. The molecule has 2 aromatic heterocycles. The second-order valence-corrected chi connectivity index (χ2v) is 7.81. The van der Waals surface area contributed by atoms with E-state index in [-0.39, 0.29) is 29.5 Å². The van der Waals surface area contributed by atoms with Crippen molar-refractivity contribution in [3.8, 4) is 11.4 Å². The molecular formula is C22H23N5O8. The number of carbonyl (C=O) groups is 3. The van der Waals surface area contributed by atoms with Crippen molar-refractivity contribution in [2.45, 2.75) is 45.3 Å². The zero-order chi connectivity index (χ0) is 25.3. The first-order valence-electron chi connectivity index (χ1n) is 10.6. The van der Waals surface area contributed by atoms with Gasteiger partial charge in [-0.15, -0.1) is 0 Å². The van der Waals surface area contributed by atoms with Crippen molar-refractivity contribution in [2.75, 3.05) is 12.3 Å². The van der Waals surface area contributed by atoms with Gasteiger partial charge in [0, 0.05) is 26.3 Å². The van der Waals surface area contributed by atoms with Gasteiger partial charge in [-0.05, 0) is 0 Å². The van der Waals surface area contributed by atoms with E-state index < -0.39 is 48.0 Å². The van der Waals surface area contributed by atoms with E-state index in [0.717, 1.165) is 0 Å². The molecule has 35 heavy (non-hydrogen) atoms. The van der Waals surface area contributed by atoms with Crippen LogP contribution >= 0.6 is 0 Å². The molecular weight excluding hydrogens is 462 g/mol. The normalized spacial score (nSPS) is 21.6. The molecule has 1 aliphatic heterocycles. The number of aromatic amines is 1. The molecule has 3 heterocycles. The Labute approximate surface area is 198 Å².